The lowest BCUT2D eigenvalue weighted by atomic mass is 10.0. The maximum Gasteiger partial charge on any atom is 0.289 e. The molecule has 1 unspecified atom stereocenters. The molecule has 8 nitrogen and oxygen atoms in total. The van der Waals surface area contributed by atoms with Crippen LogP contribution in [0.1, 0.15) is 10.4 Å². The number of hydrogen-bond donors (Lipinski definition) is 1. The monoisotopic (exact) mass is 528 g/mol. The van der Waals surface area contributed by atoms with Crippen molar-refractivity contribution < 1.29 is 19.1 Å². The predicted molar refractivity (Wildman–Crippen MR) is 136 cm³/mol. The van der Waals surface area contributed by atoms with E-state index in [-0.39, 0.29) is 29.4 Å². The molecule has 180 valence electrons. The Morgan fingerprint density at radius 1 is 1.20 bits per heavy atom. The maximum atomic E-state index is 13.1. The van der Waals surface area contributed by atoms with Gasteiger partial charge in [0, 0.05) is 65.4 Å². The first-order valence-corrected chi connectivity index (χ1v) is 13.5. The normalized spacial score (nSPS) is 20.0. The standard InChI is InChI=1S/C24H21ClN4O4S2/c25-14-7-13-8-19(23(31)28-5-3-26-4-6-28)33-21(13)17(9-14)16-1-2-27-18-10-15(35-22(16)18)11-29-20(30)12-34-24(29)32/h1-2,7,9-10,19,26H,3-6,8,11-12H2. The van der Waals surface area contributed by atoms with E-state index in [2.05, 4.69) is 10.3 Å². The van der Waals surface area contributed by atoms with Gasteiger partial charge in [0.2, 0.25) is 5.91 Å². The third-order valence-electron chi connectivity index (χ3n) is 6.41. The second-order valence-electron chi connectivity index (χ2n) is 8.65. The SMILES string of the molecule is O=C(C1Cc2cc(Cl)cc(-c3ccnc4cc(CN5C(=O)CSC5=O)sc34)c2O1)N1CCNCC1. The van der Waals surface area contributed by atoms with E-state index in [0.29, 0.717) is 30.3 Å². The Balaban J connectivity index is 1.34. The Morgan fingerprint density at radius 2 is 2.03 bits per heavy atom. The number of amides is 3. The largest absolute Gasteiger partial charge is 0.479 e. The van der Waals surface area contributed by atoms with Crippen LogP contribution in [0.15, 0.2) is 30.5 Å². The van der Waals surface area contributed by atoms with Gasteiger partial charge in [-0.15, -0.1) is 11.3 Å². The van der Waals surface area contributed by atoms with Crippen LogP contribution >= 0.6 is 34.7 Å². The molecule has 0 radical (unpaired) electrons. The van der Waals surface area contributed by atoms with Crippen molar-refractivity contribution in [2.75, 3.05) is 31.9 Å². The quantitative estimate of drug-likeness (QED) is 0.553. The van der Waals surface area contributed by atoms with E-state index in [4.69, 9.17) is 16.3 Å². The van der Waals surface area contributed by atoms with Gasteiger partial charge in [-0.05, 0) is 24.3 Å². The average Bonchev–Trinajstić information content (AvgIpc) is 3.56. The molecule has 5 heterocycles. The van der Waals surface area contributed by atoms with E-state index in [1.165, 1.54) is 16.2 Å². The second kappa shape index (κ2) is 9.09. The number of piperazine rings is 1. The molecule has 3 amide bonds. The molecule has 0 aliphatic carbocycles. The molecule has 3 aromatic rings. The van der Waals surface area contributed by atoms with Gasteiger partial charge in [-0.2, -0.15) is 0 Å². The average molecular weight is 529 g/mol. The number of thioether (sulfide) groups is 1. The van der Waals surface area contributed by atoms with Crippen molar-refractivity contribution in [3.63, 3.8) is 0 Å². The summed E-state index contributed by atoms with van der Waals surface area (Å²) < 4.78 is 7.18. The summed E-state index contributed by atoms with van der Waals surface area (Å²) in [6.07, 6.45) is 1.63. The number of fused-ring (bicyclic) bond motifs is 2. The summed E-state index contributed by atoms with van der Waals surface area (Å²) >= 11 is 9.02. The number of aromatic nitrogens is 1. The Bertz CT molecular complexity index is 1360. The minimum atomic E-state index is -0.568. The highest BCUT2D eigenvalue weighted by Gasteiger charge is 2.35. The highest BCUT2D eigenvalue weighted by atomic mass is 35.5. The first-order valence-electron chi connectivity index (χ1n) is 11.3. The van der Waals surface area contributed by atoms with Crippen LogP contribution in [0.4, 0.5) is 4.79 Å². The lowest BCUT2D eigenvalue weighted by Crippen LogP contribution is -2.50. The first-order chi connectivity index (χ1) is 17.0. The van der Waals surface area contributed by atoms with Crippen molar-refractivity contribution in [3.05, 3.63) is 45.9 Å². The van der Waals surface area contributed by atoms with Gasteiger partial charge in [-0.1, -0.05) is 23.4 Å². The third kappa shape index (κ3) is 4.18. The number of carbonyl (C=O) groups excluding carboxylic acids is 3. The van der Waals surface area contributed by atoms with Crippen molar-refractivity contribution in [1.82, 2.24) is 20.1 Å². The van der Waals surface area contributed by atoms with Crippen LogP contribution < -0.4 is 10.1 Å². The zero-order valence-electron chi connectivity index (χ0n) is 18.6. The molecule has 2 aromatic heterocycles. The van der Waals surface area contributed by atoms with Crippen LogP contribution in [-0.4, -0.2) is 69.9 Å². The molecule has 0 spiro atoms. The molecule has 1 N–H and O–H groups in total. The van der Waals surface area contributed by atoms with Crippen molar-refractivity contribution in [2.24, 2.45) is 0 Å². The second-order valence-corrected chi connectivity index (χ2v) is 11.1. The summed E-state index contributed by atoms with van der Waals surface area (Å²) in [5, 5.41) is 3.62. The summed E-state index contributed by atoms with van der Waals surface area (Å²) in [5.41, 5.74) is 3.39. The van der Waals surface area contributed by atoms with E-state index in [9.17, 15) is 14.4 Å². The molecule has 0 saturated carbocycles. The number of ether oxygens (including phenoxy) is 1. The van der Waals surface area contributed by atoms with Crippen molar-refractivity contribution in [2.45, 2.75) is 19.1 Å². The number of carbonyl (C=O) groups is 3. The summed E-state index contributed by atoms with van der Waals surface area (Å²) in [5.74, 6) is 0.687. The zero-order chi connectivity index (χ0) is 24.1. The number of imide groups is 1. The molecule has 3 aliphatic rings. The lowest BCUT2D eigenvalue weighted by Gasteiger charge is -2.29. The van der Waals surface area contributed by atoms with Gasteiger partial charge in [0.15, 0.2) is 6.10 Å². The molecule has 0 bridgehead atoms. The first kappa shape index (κ1) is 22.8. The number of halogens is 1. The Hall–Kier alpha value is -2.66. The lowest BCUT2D eigenvalue weighted by molar-refractivity contribution is -0.138. The minimum absolute atomic E-state index is 0.000810. The zero-order valence-corrected chi connectivity index (χ0v) is 21.0. The van der Waals surface area contributed by atoms with Crippen molar-refractivity contribution in [1.29, 1.82) is 0 Å². The number of hydrogen-bond acceptors (Lipinski definition) is 8. The molecule has 2 saturated heterocycles. The third-order valence-corrected chi connectivity index (χ3v) is 8.63. The van der Waals surface area contributed by atoms with Gasteiger partial charge in [0.05, 0.1) is 22.5 Å². The molecule has 3 aliphatic heterocycles. The smallest absolute Gasteiger partial charge is 0.289 e. The summed E-state index contributed by atoms with van der Waals surface area (Å²) in [6, 6.07) is 7.54. The molecule has 11 heteroatoms. The van der Waals surface area contributed by atoms with Gasteiger partial charge in [0.1, 0.15) is 5.75 Å². The molecule has 1 atom stereocenters. The molecule has 35 heavy (non-hydrogen) atoms. The van der Waals surface area contributed by atoms with Crippen LogP contribution in [0.25, 0.3) is 21.3 Å². The number of rotatable bonds is 4. The number of benzene rings is 1. The molecular weight excluding hydrogens is 508 g/mol. The summed E-state index contributed by atoms with van der Waals surface area (Å²) in [6.45, 7) is 3.14. The van der Waals surface area contributed by atoms with Crippen molar-refractivity contribution >= 4 is 62.0 Å². The van der Waals surface area contributed by atoms with E-state index in [1.807, 2.05) is 29.2 Å². The number of pyridine rings is 1. The van der Waals surface area contributed by atoms with Crippen LogP contribution in [0.3, 0.4) is 0 Å². The van der Waals surface area contributed by atoms with Crippen LogP contribution in [0.2, 0.25) is 5.02 Å². The molecule has 1 aromatic carbocycles. The fraction of sp³-hybridized carbons (Fsp3) is 0.333. The Kier molecular flexibility index (Phi) is 5.92. The maximum absolute atomic E-state index is 13.1. The van der Waals surface area contributed by atoms with Gasteiger partial charge in [-0.3, -0.25) is 24.3 Å². The minimum Gasteiger partial charge on any atom is -0.479 e. The molecule has 2 fully saturated rings. The number of nitrogens with zero attached hydrogens (tertiary/aromatic N) is 3. The molecular formula is C24H21ClN4O4S2. The summed E-state index contributed by atoms with van der Waals surface area (Å²) in [4.78, 5) is 45.7. The van der Waals surface area contributed by atoms with Crippen LogP contribution in [0.5, 0.6) is 5.75 Å². The molecule has 6 rings (SSSR count). The Morgan fingerprint density at radius 3 is 2.80 bits per heavy atom. The Labute approximate surface area is 214 Å². The van der Waals surface area contributed by atoms with E-state index < -0.39 is 6.10 Å². The van der Waals surface area contributed by atoms with Crippen LogP contribution in [0, 0.1) is 0 Å². The van der Waals surface area contributed by atoms with E-state index >= 15 is 0 Å². The highest BCUT2D eigenvalue weighted by Crippen LogP contribution is 2.45. The van der Waals surface area contributed by atoms with Gasteiger partial charge in [-0.25, -0.2) is 0 Å². The van der Waals surface area contributed by atoms with Crippen molar-refractivity contribution in [3.8, 4) is 16.9 Å². The topological polar surface area (TPSA) is 91.8 Å². The fourth-order valence-corrected chi connectivity index (χ4v) is 6.81. The van der Waals surface area contributed by atoms with Gasteiger partial charge >= 0.3 is 0 Å². The highest BCUT2D eigenvalue weighted by molar-refractivity contribution is 8.14. The summed E-state index contributed by atoms with van der Waals surface area (Å²) in [7, 11) is 0. The number of thiophene rings is 1. The van der Waals surface area contributed by atoms with E-state index in [0.717, 1.165) is 56.6 Å². The fourth-order valence-electron chi connectivity index (χ4n) is 4.72. The predicted octanol–water partition coefficient (Wildman–Crippen LogP) is 3.55. The number of nitrogens with one attached hydrogen (secondary N) is 1. The van der Waals surface area contributed by atoms with Crippen LogP contribution in [-0.2, 0) is 22.6 Å². The van der Waals surface area contributed by atoms with Gasteiger partial charge < -0.3 is 15.0 Å². The van der Waals surface area contributed by atoms with Gasteiger partial charge in [0.25, 0.3) is 11.1 Å². The van der Waals surface area contributed by atoms with E-state index in [1.54, 1.807) is 6.20 Å².